The first-order valence-corrected chi connectivity index (χ1v) is 9.88. The Morgan fingerprint density at radius 1 is 1.30 bits per heavy atom. The quantitative estimate of drug-likeness (QED) is 0.575. The van der Waals surface area contributed by atoms with Gasteiger partial charge in [0.2, 0.25) is 0 Å². The fraction of sp³-hybridized carbons (Fsp3) is 0.154. The van der Waals surface area contributed by atoms with E-state index < -0.39 is 0 Å². The first-order valence-electron chi connectivity index (χ1n) is 6.71. The molecule has 0 radical (unpaired) electrons. The molecule has 1 aromatic carbocycles. The molecule has 0 spiro atoms. The molecule has 1 heterocycles. The summed E-state index contributed by atoms with van der Waals surface area (Å²) >= 11 is 5.52. The third-order valence-corrected chi connectivity index (χ3v) is 6.20. The van der Waals surface area contributed by atoms with Crippen LogP contribution in [-0.2, 0) is 0 Å². The number of hydrazine groups is 1. The fourth-order valence-electron chi connectivity index (χ4n) is 1.92. The highest BCUT2D eigenvalue weighted by atomic mass is 32.3. The molecular weight excluding hydrogens is 370 g/mol. The van der Waals surface area contributed by atoms with Crippen molar-refractivity contribution in [3.05, 3.63) is 58.5 Å². The topological polar surface area (TPSA) is 68.4 Å². The highest BCUT2D eigenvalue weighted by molar-refractivity contribution is 8.21. The van der Waals surface area contributed by atoms with Crippen LogP contribution < -0.4 is 18.4 Å². The molecule has 2 aliphatic rings. The van der Waals surface area contributed by atoms with Crippen LogP contribution in [0.25, 0.3) is 0 Å². The van der Waals surface area contributed by atoms with Gasteiger partial charge in [0.15, 0.2) is 0 Å². The van der Waals surface area contributed by atoms with Gasteiger partial charge >= 0.3 is 0 Å². The minimum Gasteiger partial charge on any atom is -0.268 e. The molecule has 0 aromatic heterocycles. The zero-order valence-corrected chi connectivity index (χ0v) is 15.4. The average molecular weight is 386 g/mol. The summed E-state index contributed by atoms with van der Waals surface area (Å²) in [5, 5.41) is 0. The Kier molecular flexibility index (Phi) is 6.36. The van der Waals surface area contributed by atoms with Gasteiger partial charge in [-0.1, -0.05) is 33.7 Å². The van der Waals surface area contributed by atoms with Gasteiger partial charge in [0.25, 0.3) is 5.91 Å². The Hall–Kier alpha value is -0.590. The lowest BCUT2D eigenvalue weighted by Crippen LogP contribution is -2.36. The van der Waals surface area contributed by atoms with Crippen LogP contribution in [-0.4, -0.2) is 15.8 Å². The summed E-state index contributed by atoms with van der Waals surface area (Å²) in [4.78, 5) is 13.5. The number of hydrogen-bond acceptors (Lipinski definition) is 9. The predicted molar refractivity (Wildman–Crippen MR) is 101 cm³/mol. The fourth-order valence-corrected chi connectivity index (χ4v) is 5.06. The number of nitrogens with one attached hydrogen (secondary N) is 4. The number of carbonyl (C=O) groups is 1. The molecule has 1 atom stereocenters. The number of rotatable bonds is 2. The number of carbonyl (C=O) groups excluding carboxylic acids is 1. The summed E-state index contributed by atoms with van der Waals surface area (Å²) in [6, 6.07) is 7.64. The number of amides is 1. The normalized spacial score (nSPS) is 22.3. The Labute approximate surface area is 152 Å². The molecule has 1 aliphatic heterocycles. The molecule has 1 fully saturated rings. The number of hydrogen-bond donors (Lipinski definition) is 4. The van der Waals surface area contributed by atoms with Crippen LogP contribution in [0.15, 0.2) is 47.4 Å². The van der Waals surface area contributed by atoms with Crippen molar-refractivity contribution in [1.82, 2.24) is 22.2 Å². The number of benzene rings is 1. The summed E-state index contributed by atoms with van der Waals surface area (Å²) in [7, 11) is 0. The van der Waals surface area contributed by atoms with E-state index in [0.717, 1.165) is 10.5 Å². The second-order valence-corrected chi connectivity index (χ2v) is 8.45. The summed E-state index contributed by atoms with van der Waals surface area (Å²) in [5.41, 5.74) is 4.60. The van der Waals surface area contributed by atoms with Gasteiger partial charge in [-0.3, -0.25) is 10.2 Å². The molecule has 1 amide bonds. The maximum atomic E-state index is 12.4. The van der Waals surface area contributed by atoms with Crippen LogP contribution in [0.3, 0.4) is 0 Å². The SMILES string of the molecule is Cc1cccc(C(=O)NN2SNSNSN[C@@H]3C=CC=C3S2)c1. The van der Waals surface area contributed by atoms with E-state index in [1.165, 1.54) is 48.3 Å². The molecule has 6 nitrogen and oxygen atoms in total. The van der Waals surface area contributed by atoms with Crippen LogP contribution in [0.1, 0.15) is 15.9 Å². The first kappa shape index (κ1) is 17.2. The predicted octanol–water partition coefficient (Wildman–Crippen LogP) is 2.88. The summed E-state index contributed by atoms with van der Waals surface area (Å²) in [6.45, 7) is 1.97. The van der Waals surface area contributed by atoms with E-state index >= 15 is 0 Å². The number of fused-ring (bicyclic) bond motifs is 1. The zero-order chi connectivity index (χ0) is 16.1. The second-order valence-electron chi connectivity index (χ2n) is 4.67. The maximum Gasteiger partial charge on any atom is 0.267 e. The number of nitrogens with zero attached hydrogens (tertiary/aromatic N) is 1. The molecule has 122 valence electrons. The molecule has 3 rings (SSSR count). The van der Waals surface area contributed by atoms with Crippen molar-refractivity contribution in [2.24, 2.45) is 0 Å². The summed E-state index contributed by atoms with van der Waals surface area (Å²) < 4.78 is 11.1. The van der Waals surface area contributed by atoms with Crippen LogP contribution in [0.2, 0.25) is 0 Å². The van der Waals surface area contributed by atoms with Crippen molar-refractivity contribution in [1.29, 1.82) is 0 Å². The van der Waals surface area contributed by atoms with Crippen LogP contribution in [0, 0.1) is 6.92 Å². The Morgan fingerprint density at radius 3 is 3.09 bits per heavy atom. The summed E-state index contributed by atoms with van der Waals surface area (Å²) in [5.74, 6) is -0.143. The maximum absolute atomic E-state index is 12.4. The molecule has 0 bridgehead atoms. The van der Waals surface area contributed by atoms with E-state index in [1.54, 1.807) is 9.89 Å². The van der Waals surface area contributed by atoms with Gasteiger partial charge in [-0.25, -0.2) is 4.72 Å². The lowest BCUT2D eigenvalue weighted by Gasteiger charge is -2.24. The van der Waals surface area contributed by atoms with Gasteiger partial charge in [-0.05, 0) is 37.1 Å². The lowest BCUT2D eigenvalue weighted by atomic mass is 10.1. The van der Waals surface area contributed by atoms with Crippen LogP contribution in [0.5, 0.6) is 0 Å². The standard InChI is InChI=1S/C13H15N5OS4/c1-9-4-2-5-10(8-9)13(19)14-18-20-12-7-3-6-11(12)15-21-16-22-17-23-18/h2-8,11,15-17H,1H3,(H,14,19)/t11-/m1/s1. The van der Waals surface area contributed by atoms with E-state index in [9.17, 15) is 4.79 Å². The third kappa shape index (κ3) is 4.94. The zero-order valence-electron chi connectivity index (χ0n) is 12.1. The molecular formula is C13H15N5OS4. The average Bonchev–Trinajstić information content (AvgIpc) is 2.98. The van der Waals surface area contributed by atoms with Crippen LogP contribution >= 0.6 is 48.3 Å². The second kappa shape index (κ2) is 8.49. The highest BCUT2D eigenvalue weighted by Crippen LogP contribution is 2.32. The molecule has 4 N–H and O–H groups in total. The smallest absolute Gasteiger partial charge is 0.267 e. The molecule has 10 heteroatoms. The van der Waals surface area contributed by atoms with Crippen molar-refractivity contribution < 1.29 is 4.79 Å². The molecule has 1 aliphatic carbocycles. The number of allylic oxidation sites excluding steroid dienone is 2. The third-order valence-electron chi connectivity index (χ3n) is 2.96. The van der Waals surface area contributed by atoms with Gasteiger partial charge in [0.05, 0.1) is 18.2 Å². The lowest BCUT2D eigenvalue weighted by molar-refractivity contribution is 0.0923. The summed E-state index contributed by atoms with van der Waals surface area (Å²) in [6.07, 6.45) is 6.11. The molecule has 23 heavy (non-hydrogen) atoms. The first-order chi connectivity index (χ1) is 11.2. The van der Waals surface area contributed by atoms with Gasteiger partial charge in [-0.15, -0.1) is 0 Å². The minimum atomic E-state index is -0.143. The Balaban J connectivity index is 1.67. The highest BCUT2D eigenvalue weighted by Gasteiger charge is 2.22. The van der Waals surface area contributed by atoms with Gasteiger partial charge in [0, 0.05) is 34.7 Å². The van der Waals surface area contributed by atoms with Gasteiger partial charge in [-0.2, -0.15) is 8.25 Å². The van der Waals surface area contributed by atoms with Crippen molar-refractivity contribution in [2.75, 3.05) is 0 Å². The molecule has 0 unspecified atom stereocenters. The van der Waals surface area contributed by atoms with Gasteiger partial charge in [0.1, 0.15) is 0 Å². The van der Waals surface area contributed by atoms with Crippen molar-refractivity contribution in [3.8, 4) is 0 Å². The van der Waals surface area contributed by atoms with Crippen LogP contribution in [0.4, 0.5) is 0 Å². The largest absolute Gasteiger partial charge is 0.268 e. The number of aryl methyl sites for hydroxylation is 1. The van der Waals surface area contributed by atoms with E-state index in [2.05, 4.69) is 24.5 Å². The van der Waals surface area contributed by atoms with Crippen molar-refractivity contribution >= 4 is 54.3 Å². The Bertz CT molecular complexity index is 639. The molecule has 1 aromatic rings. The van der Waals surface area contributed by atoms with E-state index in [0.29, 0.717) is 5.56 Å². The Morgan fingerprint density at radius 2 is 2.22 bits per heavy atom. The van der Waals surface area contributed by atoms with E-state index in [4.69, 9.17) is 0 Å². The molecule has 1 saturated heterocycles. The van der Waals surface area contributed by atoms with Gasteiger partial charge < -0.3 is 0 Å². The van der Waals surface area contributed by atoms with E-state index in [-0.39, 0.29) is 11.9 Å². The van der Waals surface area contributed by atoms with Crippen molar-refractivity contribution in [2.45, 2.75) is 13.0 Å². The minimum absolute atomic E-state index is 0.121. The monoisotopic (exact) mass is 385 g/mol. The molecule has 0 saturated carbocycles. The van der Waals surface area contributed by atoms with E-state index in [1.807, 2.05) is 37.3 Å². The van der Waals surface area contributed by atoms with Crippen molar-refractivity contribution in [3.63, 3.8) is 0 Å².